The molecule has 0 radical (unpaired) electrons. The van der Waals surface area contributed by atoms with E-state index in [4.69, 9.17) is 4.74 Å². The summed E-state index contributed by atoms with van der Waals surface area (Å²) in [4.78, 5) is 11.3. The van der Waals surface area contributed by atoms with Crippen molar-refractivity contribution in [2.24, 2.45) is 11.3 Å². The third-order valence-corrected chi connectivity index (χ3v) is 3.62. The van der Waals surface area contributed by atoms with Crippen molar-refractivity contribution in [1.29, 1.82) is 0 Å². The molecule has 0 aromatic carbocycles. The molecule has 0 amide bonds. The van der Waals surface area contributed by atoms with Gasteiger partial charge in [-0.25, -0.2) is 0 Å². The van der Waals surface area contributed by atoms with Gasteiger partial charge in [-0.15, -0.1) is 6.58 Å². The summed E-state index contributed by atoms with van der Waals surface area (Å²) in [5, 5.41) is 0. The lowest BCUT2D eigenvalue weighted by Crippen LogP contribution is -2.26. The second-order valence-electron chi connectivity index (χ2n) is 5.75. The number of carbonyl (C=O) groups excluding carboxylic acids is 1. The van der Waals surface area contributed by atoms with E-state index in [9.17, 15) is 4.79 Å². The van der Waals surface area contributed by atoms with Crippen molar-refractivity contribution < 1.29 is 9.53 Å². The van der Waals surface area contributed by atoms with Crippen LogP contribution in [-0.2, 0) is 9.53 Å². The molecule has 104 valence electrons. The molecule has 2 heteroatoms. The summed E-state index contributed by atoms with van der Waals surface area (Å²) in [5.74, 6) is 0.442. The molecule has 0 fully saturated rings. The SMILES string of the molecule is C=CCC(=O)OC(=C)/C=C/C1C(C)=CCCC1(C)C. The van der Waals surface area contributed by atoms with Gasteiger partial charge in [0, 0.05) is 5.92 Å². The Hall–Kier alpha value is -1.57. The molecule has 0 aromatic heterocycles. The number of hydrogen-bond donors (Lipinski definition) is 0. The summed E-state index contributed by atoms with van der Waals surface area (Å²) in [6.07, 6.45) is 10.2. The highest BCUT2D eigenvalue weighted by Crippen LogP contribution is 2.41. The van der Waals surface area contributed by atoms with Crippen LogP contribution in [0.4, 0.5) is 0 Å². The van der Waals surface area contributed by atoms with Gasteiger partial charge in [0.25, 0.3) is 0 Å². The largest absolute Gasteiger partial charge is 0.427 e. The van der Waals surface area contributed by atoms with E-state index in [1.807, 2.05) is 0 Å². The van der Waals surface area contributed by atoms with Crippen LogP contribution in [-0.4, -0.2) is 5.97 Å². The molecule has 1 atom stereocenters. The summed E-state index contributed by atoms with van der Waals surface area (Å²) in [6.45, 7) is 13.9. The molecular weight excluding hydrogens is 236 g/mol. The molecule has 0 aliphatic heterocycles. The molecule has 0 spiro atoms. The third-order valence-electron chi connectivity index (χ3n) is 3.62. The second-order valence-corrected chi connectivity index (χ2v) is 5.75. The van der Waals surface area contributed by atoms with Gasteiger partial charge in [-0.2, -0.15) is 0 Å². The Labute approximate surface area is 116 Å². The lowest BCUT2D eigenvalue weighted by Gasteiger charge is -2.36. The van der Waals surface area contributed by atoms with Gasteiger partial charge in [0.15, 0.2) is 0 Å². The predicted octanol–water partition coefficient (Wildman–Crippen LogP) is 4.56. The molecule has 0 heterocycles. The van der Waals surface area contributed by atoms with Crippen LogP contribution in [0.1, 0.15) is 40.0 Å². The van der Waals surface area contributed by atoms with E-state index in [1.165, 1.54) is 18.1 Å². The average Bonchev–Trinajstić information content (AvgIpc) is 2.27. The normalized spacial score (nSPS) is 21.8. The van der Waals surface area contributed by atoms with Gasteiger partial charge in [0.1, 0.15) is 5.76 Å². The molecule has 0 aromatic rings. The van der Waals surface area contributed by atoms with E-state index in [2.05, 4.69) is 46.1 Å². The van der Waals surface area contributed by atoms with E-state index in [1.54, 1.807) is 6.08 Å². The van der Waals surface area contributed by atoms with Crippen LogP contribution in [0.25, 0.3) is 0 Å². The zero-order valence-electron chi connectivity index (χ0n) is 12.2. The maximum Gasteiger partial charge on any atom is 0.314 e. The van der Waals surface area contributed by atoms with Crippen LogP contribution in [0, 0.1) is 11.3 Å². The minimum Gasteiger partial charge on any atom is -0.427 e. The molecule has 1 rings (SSSR count). The Kier molecular flexibility index (Phi) is 5.34. The van der Waals surface area contributed by atoms with Crippen molar-refractivity contribution >= 4 is 5.97 Å². The summed E-state index contributed by atoms with van der Waals surface area (Å²) in [5.41, 5.74) is 1.61. The van der Waals surface area contributed by atoms with Gasteiger partial charge in [0.2, 0.25) is 0 Å². The minimum absolute atomic E-state index is 0.209. The van der Waals surface area contributed by atoms with Gasteiger partial charge in [0.05, 0.1) is 6.42 Å². The molecule has 0 saturated heterocycles. The van der Waals surface area contributed by atoms with E-state index in [-0.39, 0.29) is 17.8 Å². The Morgan fingerprint density at radius 1 is 1.58 bits per heavy atom. The van der Waals surface area contributed by atoms with Crippen LogP contribution in [0.15, 0.2) is 48.8 Å². The van der Waals surface area contributed by atoms with Crippen LogP contribution >= 0.6 is 0 Å². The fourth-order valence-electron chi connectivity index (χ4n) is 2.53. The van der Waals surface area contributed by atoms with Crippen molar-refractivity contribution in [2.75, 3.05) is 0 Å². The van der Waals surface area contributed by atoms with E-state index < -0.39 is 0 Å². The topological polar surface area (TPSA) is 26.3 Å². The lowest BCUT2D eigenvalue weighted by atomic mass is 9.68. The Morgan fingerprint density at radius 3 is 2.84 bits per heavy atom. The van der Waals surface area contributed by atoms with Gasteiger partial charge >= 0.3 is 5.97 Å². The highest BCUT2D eigenvalue weighted by molar-refractivity contribution is 5.72. The van der Waals surface area contributed by atoms with Gasteiger partial charge in [-0.1, -0.05) is 44.2 Å². The second kappa shape index (κ2) is 6.55. The molecule has 0 bridgehead atoms. The average molecular weight is 260 g/mol. The number of rotatable bonds is 5. The minimum atomic E-state index is -0.320. The van der Waals surface area contributed by atoms with E-state index in [0.29, 0.717) is 11.7 Å². The highest BCUT2D eigenvalue weighted by atomic mass is 16.5. The maximum absolute atomic E-state index is 11.3. The summed E-state index contributed by atoms with van der Waals surface area (Å²) >= 11 is 0. The molecule has 2 nitrogen and oxygen atoms in total. The molecular formula is C17H24O2. The lowest BCUT2D eigenvalue weighted by molar-refractivity contribution is -0.137. The van der Waals surface area contributed by atoms with E-state index in [0.717, 1.165) is 6.42 Å². The van der Waals surface area contributed by atoms with Crippen LogP contribution in [0.3, 0.4) is 0 Å². The Bertz CT molecular complexity index is 425. The van der Waals surface area contributed by atoms with Gasteiger partial charge < -0.3 is 4.74 Å². The summed E-state index contributed by atoms with van der Waals surface area (Å²) < 4.78 is 5.07. The number of esters is 1. The molecule has 1 aliphatic rings. The quantitative estimate of drug-likeness (QED) is 0.313. The van der Waals surface area contributed by atoms with Crippen molar-refractivity contribution in [1.82, 2.24) is 0 Å². The first-order valence-corrected chi connectivity index (χ1v) is 6.72. The number of carbonyl (C=O) groups is 1. The first-order chi connectivity index (χ1) is 8.86. The monoisotopic (exact) mass is 260 g/mol. The Morgan fingerprint density at radius 2 is 2.26 bits per heavy atom. The zero-order valence-corrected chi connectivity index (χ0v) is 12.2. The molecule has 1 unspecified atom stereocenters. The summed E-state index contributed by atoms with van der Waals surface area (Å²) in [6, 6.07) is 0. The fourth-order valence-corrected chi connectivity index (χ4v) is 2.53. The van der Waals surface area contributed by atoms with Gasteiger partial charge in [-0.3, -0.25) is 4.79 Å². The number of allylic oxidation sites excluding steroid dienone is 4. The standard InChI is InChI=1S/C17H24O2/c1-6-8-16(18)19-14(3)10-11-15-13(2)9-7-12-17(15,4)5/h6,9-11,15H,1,3,7-8,12H2,2,4-5H3/b11-10+. The molecule has 0 N–H and O–H groups in total. The first kappa shape index (κ1) is 15.5. The zero-order chi connectivity index (χ0) is 14.5. The maximum atomic E-state index is 11.3. The van der Waals surface area contributed by atoms with Crippen molar-refractivity contribution in [3.8, 4) is 0 Å². The Balaban J connectivity index is 2.66. The first-order valence-electron chi connectivity index (χ1n) is 6.72. The number of hydrogen-bond acceptors (Lipinski definition) is 2. The molecule has 1 aliphatic carbocycles. The predicted molar refractivity (Wildman–Crippen MR) is 79.4 cm³/mol. The number of ether oxygens (including phenoxy) is 1. The third kappa shape index (κ3) is 4.55. The van der Waals surface area contributed by atoms with E-state index >= 15 is 0 Å². The fraction of sp³-hybridized carbons (Fsp3) is 0.471. The van der Waals surface area contributed by atoms with Crippen molar-refractivity contribution in [2.45, 2.75) is 40.0 Å². The highest BCUT2D eigenvalue weighted by Gasteiger charge is 2.30. The molecule has 0 saturated carbocycles. The van der Waals surface area contributed by atoms with Crippen LogP contribution < -0.4 is 0 Å². The van der Waals surface area contributed by atoms with Crippen molar-refractivity contribution in [3.05, 3.63) is 48.8 Å². The van der Waals surface area contributed by atoms with Crippen molar-refractivity contribution in [3.63, 3.8) is 0 Å². The van der Waals surface area contributed by atoms with Crippen LogP contribution in [0.2, 0.25) is 0 Å². The summed E-state index contributed by atoms with van der Waals surface area (Å²) in [7, 11) is 0. The molecule has 19 heavy (non-hydrogen) atoms. The van der Waals surface area contributed by atoms with Gasteiger partial charge in [-0.05, 0) is 31.3 Å². The van der Waals surface area contributed by atoms with Crippen LogP contribution in [0.5, 0.6) is 0 Å². The smallest absolute Gasteiger partial charge is 0.314 e.